The van der Waals surface area contributed by atoms with Gasteiger partial charge >= 0.3 is 7.12 Å². The Morgan fingerprint density at radius 1 is 0.875 bits per heavy atom. The molecule has 2 aliphatic rings. The van der Waals surface area contributed by atoms with Crippen molar-refractivity contribution in [2.24, 2.45) is 0 Å². The van der Waals surface area contributed by atoms with Crippen LogP contribution in [0.2, 0.25) is 0 Å². The van der Waals surface area contributed by atoms with Crippen LogP contribution in [0.4, 0.5) is 0 Å². The predicted molar refractivity (Wildman–Crippen MR) is 128 cm³/mol. The Kier molecular flexibility index (Phi) is 4.13. The molecule has 0 radical (unpaired) electrons. The first-order valence-corrected chi connectivity index (χ1v) is 11.7. The number of carbonyl (C=O) groups is 2. The fourth-order valence-corrected chi connectivity index (χ4v) is 6.08. The van der Waals surface area contributed by atoms with Gasteiger partial charge in [-0.15, -0.1) is 11.3 Å². The monoisotopic (exact) mass is 443 g/mol. The van der Waals surface area contributed by atoms with Crippen molar-refractivity contribution in [3.63, 3.8) is 0 Å². The molecule has 1 aromatic heterocycles. The van der Waals surface area contributed by atoms with E-state index in [1.165, 1.54) is 30.5 Å². The van der Waals surface area contributed by atoms with E-state index < -0.39 is 18.4 Å². The quantitative estimate of drug-likeness (QED) is 0.336. The third-order valence-corrected chi connectivity index (χ3v) is 8.13. The molecular formula is C25H22BNO4S. The Hall–Kier alpha value is -2.74. The molecule has 0 aliphatic carbocycles. The standard InChI is InChI=1S/C25H22BNO4S/c1-24(2)25(3,27-21(28)12-13-22(27)29)31-26(30-24)16-9-11-19-18(14-16)23-17-7-5-4-6-15(17)8-10-20(23)32-19/h4-11,14H,12-13H2,1-3H3. The van der Waals surface area contributed by atoms with Gasteiger partial charge in [0.05, 0.1) is 5.60 Å². The van der Waals surface area contributed by atoms with E-state index in [9.17, 15) is 9.59 Å². The van der Waals surface area contributed by atoms with Crippen molar-refractivity contribution in [3.05, 3.63) is 54.6 Å². The van der Waals surface area contributed by atoms with Gasteiger partial charge in [-0.25, -0.2) is 0 Å². The minimum atomic E-state index is -1.17. The summed E-state index contributed by atoms with van der Waals surface area (Å²) < 4.78 is 15.1. The fraction of sp³-hybridized carbons (Fsp3) is 0.280. The minimum absolute atomic E-state index is 0.208. The molecule has 0 spiro atoms. The molecule has 0 saturated carbocycles. The van der Waals surface area contributed by atoms with Gasteiger partial charge in [0.25, 0.3) is 0 Å². The zero-order valence-corrected chi connectivity index (χ0v) is 19.0. The Labute approximate surface area is 190 Å². The Bertz CT molecular complexity index is 1430. The molecule has 3 heterocycles. The van der Waals surface area contributed by atoms with Gasteiger partial charge in [0.15, 0.2) is 5.72 Å². The molecule has 3 aromatic carbocycles. The lowest BCUT2D eigenvalue weighted by molar-refractivity contribution is -0.171. The van der Waals surface area contributed by atoms with Crippen molar-refractivity contribution in [2.75, 3.05) is 0 Å². The molecule has 5 nitrogen and oxygen atoms in total. The summed E-state index contributed by atoms with van der Waals surface area (Å²) >= 11 is 1.77. The summed E-state index contributed by atoms with van der Waals surface area (Å²) in [5, 5.41) is 4.82. The molecule has 0 N–H and O–H groups in total. The molecule has 2 saturated heterocycles. The number of fused-ring (bicyclic) bond motifs is 5. The number of amides is 2. The van der Waals surface area contributed by atoms with Gasteiger partial charge < -0.3 is 9.31 Å². The van der Waals surface area contributed by atoms with Gasteiger partial charge in [-0.1, -0.05) is 42.5 Å². The van der Waals surface area contributed by atoms with Gasteiger partial charge in [0, 0.05) is 33.0 Å². The number of thiophene rings is 1. The maximum Gasteiger partial charge on any atom is 0.496 e. The van der Waals surface area contributed by atoms with E-state index >= 15 is 0 Å². The molecule has 2 amide bonds. The lowest BCUT2D eigenvalue weighted by atomic mass is 9.78. The van der Waals surface area contributed by atoms with Gasteiger partial charge in [0.1, 0.15) is 0 Å². The van der Waals surface area contributed by atoms with E-state index in [2.05, 4.69) is 48.5 Å². The average Bonchev–Trinajstić information content (AvgIpc) is 3.39. The Morgan fingerprint density at radius 3 is 2.38 bits per heavy atom. The fourth-order valence-electron chi connectivity index (χ4n) is 4.97. The first-order chi connectivity index (χ1) is 15.3. The van der Waals surface area contributed by atoms with Crippen molar-refractivity contribution in [1.82, 2.24) is 4.90 Å². The normalized spacial score (nSPS) is 23.3. The molecule has 2 fully saturated rings. The van der Waals surface area contributed by atoms with Crippen LogP contribution in [0.5, 0.6) is 0 Å². The highest BCUT2D eigenvalue weighted by Crippen LogP contribution is 2.43. The average molecular weight is 443 g/mol. The highest BCUT2D eigenvalue weighted by atomic mass is 32.1. The van der Waals surface area contributed by atoms with Crippen LogP contribution in [0.15, 0.2) is 54.6 Å². The van der Waals surface area contributed by atoms with Crippen LogP contribution in [-0.4, -0.2) is 35.2 Å². The number of likely N-dealkylation sites (tertiary alicyclic amines) is 1. The lowest BCUT2D eigenvalue weighted by Crippen LogP contribution is -2.60. The highest BCUT2D eigenvalue weighted by molar-refractivity contribution is 7.26. The topological polar surface area (TPSA) is 55.8 Å². The third kappa shape index (κ3) is 2.65. The van der Waals surface area contributed by atoms with Crippen molar-refractivity contribution in [2.45, 2.75) is 44.9 Å². The van der Waals surface area contributed by atoms with Crippen LogP contribution < -0.4 is 5.46 Å². The molecule has 7 heteroatoms. The number of hydrogen-bond acceptors (Lipinski definition) is 5. The second-order valence-corrected chi connectivity index (χ2v) is 10.3. The maximum atomic E-state index is 12.5. The second kappa shape index (κ2) is 6.64. The summed E-state index contributed by atoms with van der Waals surface area (Å²) in [6.07, 6.45) is 0.441. The number of benzene rings is 3. The van der Waals surface area contributed by atoms with Crippen LogP contribution in [0, 0.1) is 0 Å². The van der Waals surface area contributed by atoms with Crippen LogP contribution >= 0.6 is 11.3 Å². The second-order valence-electron chi connectivity index (χ2n) is 9.20. The molecule has 4 aromatic rings. The first kappa shape index (κ1) is 19.9. The lowest BCUT2D eigenvalue weighted by Gasteiger charge is -2.41. The highest BCUT2D eigenvalue weighted by Gasteiger charge is 2.61. The van der Waals surface area contributed by atoms with Gasteiger partial charge in [-0.3, -0.25) is 14.5 Å². The zero-order chi connectivity index (χ0) is 22.3. The third-order valence-electron chi connectivity index (χ3n) is 6.99. The molecule has 1 atom stereocenters. The van der Waals surface area contributed by atoms with Crippen molar-refractivity contribution in [3.8, 4) is 0 Å². The summed E-state index contributed by atoms with van der Waals surface area (Å²) in [6, 6.07) is 19.0. The Balaban J connectivity index is 1.47. The molecule has 32 heavy (non-hydrogen) atoms. The van der Waals surface area contributed by atoms with Gasteiger partial charge in [0.2, 0.25) is 11.8 Å². The van der Waals surface area contributed by atoms with Crippen LogP contribution in [-0.2, 0) is 18.9 Å². The predicted octanol–water partition coefficient (Wildman–Crippen LogP) is 4.59. The summed E-state index contributed by atoms with van der Waals surface area (Å²) in [5.41, 5.74) is -1.15. The number of carbonyl (C=O) groups excluding carboxylic acids is 2. The molecule has 1 unspecified atom stereocenters. The van der Waals surface area contributed by atoms with E-state index in [1.54, 1.807) is 18.3 Å². The summed E-state index contributed by atoms with van der Waals surface area (Å²) in [5.74, 6) is -0.416. The molecule has 2 aliphatic heterocycles. The van der Waals surface area contributed by atoms with E-state index in [4.69, 9.17) is 9.31 Å². The molecule has 0 bridgehead atoms. The Morgan fingerprint density at radius 2 is 1.59 bits per heavy atom. The van der Waals surface area contributed by atoms with Crippen LogP contribution in [0.25, 0.3) is 30.9 Å². The van der Waals surface area contributed by atoms with E-state index in [0.717, 1.165) is 10.8 Å². The number of imide groups is 1. The van der Waals surface area contributed by atoms with Crippen molar-refractivity contribution < 1.29 is 18.9 Å². The first-order valence-electron chi connectivity index (χ1n) is 10.8. The zero-order valence-electron chi connectivity index (χ0n) is 18.2. The molecule has 160 valence electrons. The summed E-state index contributed by atoms with van der Waals surface area (Å²) in [4.78, 5) is 26.2. The maximum absolute atomic E-state index is 12.5. The van der Waals surface area contributed by atoms with E-state index in [0.29, 0.717) is 0 Å². The SMILES string of the molecule is CC1(C)OB(c2ccc3sc4ccc5ccccc5c4c3c2)OC1(C)N1C(=O)CCC1=O. The minimum Gasteiger partial charge on any atom is -0.397 e. The van der Waals surface area contributed by atoms with Crippen LogP contribution in [0.3, 0.4) is 0 Å². The van der Waals surface area contributed by atoms with Crippen molar-refractivity contribution >= 4 is 66.7 Å². The van der Waals surface area contributed by atoms with Gasteiger partial charge in [-0.05, 0) is 49.1 Å². The smallest absolute Gasteiger partial charge is 0.397 e. The number of hydrogen-bond donors (Lipinski definition) is 0. The molecular weight excluding hydrogens is 421 g/mol. The van der Waals surface area contributed by atoms with E-state index in [1.807, 2.05) is 19.9 Å². The summed E-state index contributed by atoms with van der Waals surface area (Å²) in [7, 11) is -0.675. The largest absolute Gasteiger partial charge is 0.496 e. The van der Waals surface area contributed by atoms with Crippen LogP contribution in [0.1, 0.15) is 33.6 Å². The van der Waals surface area contributed by atoms with E-state index in [-0.39, 0.29) is 24.7 Å². The summed E-state index contributed by atoms with van der Waals surface area (Å²) in [6.45, 7) is 5.52. The number of rotatable bonds is 2. The molecule has 6 rings (SSSR count). The van der Waals surface area contributed by atoms with Crippen molar-refractivity contribution in [1.29, 1.82) is 0 Å². The number of nitrogens with zero attached hydrogens (tertiary/aromatic N) is 1. The van der Waals surface area contributed by atoms with Gasteiger partial charge in [-0.2, -0.15) is 0 Å².